The Labute approximate surface area is 75.7 Å². The second-order valence-corrected chi connectivity index (χ2v) is 4.58. The predicted octanol–water partition coefficient (Wildman–Crippen LogP) is 1.94. The van der Waals surface area contributed by atoms with E-state index in [2.05, 4.69) is 33.0 Å². The van der Waals surface area contributed by atoms with Gasteiger partial charge in [0, 0.05) is 6.04 Å². The molecule has 2 nitrogen and oxygen atoms in total. The van der Waals surface area contributed by atoms with Crippen LogP contribution in [-0.4, -0.2) is 24.3 Å². The lowest BCUT2D eigenvalue weighted by atomic mass is 9.88. The second kappa shape index (κ2) is 3.75. The van der Waals surface area contributed by atoms with E-state index >= 15 is 0 Å². The molecular formula is C10H21NO. The van der Waals surface area contributed by atoms with Crippen LogP contribution in [0.5, 0.6) is 0 Å². The zero-order valence-electron chi connectivity index (χ0n) is 8.68. The van der Waals surface area contributed by atoms with Crippen LogP contribution in [0.3, 0.4) is 0 Å². The standard InChI is InChI=1S/C10H21NO/c1-5-11-8-6-9(7-8)12-10(2,3)4/h8-9,11H,5-7H2,1-4H3/t8-,9+. The average molecular weight is 171 g/mol. The maximum Gasteiger partial charge on any atom is 0.0612 e. The summed E-state index contributed by atoms with van der Waals surface area (Å²) < 4.78 is 5.81. The molecule has 1 saturated carbocycles. The van der Waals surface area contributed by atoms with Crippen LogP contribution in [0.4, 0.5) is 0 Å². The first kappa shape index (κ1) is 10.0. The highest BCUT2D eigenvalue weighted by Gasteiger charge is 2.31. The van der Waals surface area contributed by atoms with Gasteiger partial charge in [-0.3, -0.25) is 0 Å². The molecule has 0 heterocycles. The zero-order valence-corrected chi connectivity index (χ0v) is 8.68. The van der Waals surface area contributed by atoms with E-state index in [4.69, 9.17) is 4.74 Å². The smallest absolute Gasteiger partial charge is 0.0612 e. The molecule has 1 aliphatic rings. The molecule has 0 saturated heterocycles. The molecule has 0 bridgehead atoms. The van der Waals surface area contributed by atoms with E-state index in [1.54, 1.807) is 0 Å². The van der Waals surface area contributed by atoms with Crippen molar-refractivity contribution < 1.29 is 4.74 Å². The Morgan fingerprint density at radius 2 is 1.92 bits per heavy atom. The summed E-state index contributed by atoms with van der Waals surface area (Å²) in [5.41, 5.74) is 0.0296. The van der Waals surface area contributed by atoms with Gasteiger partial charge in [0.05, 0.1) is 11.7 Å². The molecule has 0 aromatic carbocycles. The van der Waals surface area contributed by atoms with Crippen LogP contribution in [0.2, 0.25) is 0 Å². The van der Waals surface area contributed by atoms with Crippen LogP contribution >= 0.6 is 0 Å². The van der Waals surface area contributed by atoms with Crippen LogP contribution in [-0.2, 0) is 4.74 Å². The van der Waals surface area contributed by atoms with Gasteiger partial charge in [0.2, 0.25) is 0 Å². The van der Waals surface area contributed by atoms with E-state index in [0.29, 0.717) is 12.1 Å². The fourth-order valence-electron chi connectivity index (χ4n) is 1.62. The summed E-state index contributed by atoms with van der Waals surface area (Å²) in [6.07, 6.45) is 2.87. The Bertz CT molecular complexity index is 133. The molecule has 1 aliphatic carbocycles. The summed E-state index contributed by atoms with van der Waals surface area (Å²) in [5.74, 6) is 0. The number of hydrogen-bond acceptors (Lipinski definition) is 2. The molecule has 72 valence electrons. The maximum absolute atomic E-state index is 5.81. The Balaban J connectivity index is 2.10. The summed E-state index contributed by atoms with van der Waals surface area (Å²) in [6, 6.07) is 0.711. The summed E-state index contributed by atoms with van der Waals surface area (Å²) in [5, 5.41) is 3.42. The Morgan fingerprint density at radius 1 is 1.33 bits per heavy atom. The quantitative estimate of drug-likeness (QED) is 0.700. The van der Waals surface area contributed by atoms with Crippen molar-refractivity contribution >= 4 is 0 Å². The molecule has 0 aromatic heterocycles. The van der Waals surface area contributed by atoms with E-state index in [9.17, 15) is 0 Å². The highest BCUT2D eigenvalue weighted by Crippen LogP contribution is 2.27. The fourth-order valence-corrected chi connectivity index (χ4v) is 1.62. The van der Waals surface area contributed by atoms with Gasteiger partial charge in [-0.1, -0.05) is 6.92 Å². The molecule has 12 heavy (non-hydrogen) atoms. The first-order valence-corrected chi connectivity index (χ1v) is 4.92. The largest absolute Gasteiger partial charge is 0.373 e. The topological polar surface area (TPSA) is 21.3 Å². The van der Waals surface area contributed by atoms with E-state index in [-0.39, 0.29) is 5.60 Å². The number of rotatable bonds is 3. The summed E-state index contributed by atoms with van der Waals surface area (Å²) in [7, 11) is 0. The number of hydrogen-bond donors (Lipinski definition) is 1. The fraction of sp³-hybridized carbons (Fsp3) is 1.00. The lowest BCUT2D eigenvalue weighted by molar-refractivity contribution is -0.102. The van der Waals surface area contributed by atoms with E-state index < -0.39 is 0 Å². The molecule has 0 amide bonds. The lowest BCUT2D eigenvalue weighted by Gasteiger charge is -2.39. The van der Waals surface area contributed by atoms with Crippen molar-refractivity contribution in [1.82, 2.24) is 5.32 Å². The number of ether oxygens (including phenoxy) is 1. The first-order chi connectivity index (χ1) is 5.51. The van der Waals surface area contributed by atoms with Gasteiger partial charge < -0.3 is 10.1 Å². The third kappa shape index (κ3) is 3.11. The van der Waals surface area contributed by atoms with Gasteiger partial charge in [-0.25, -0.2) is 0 Å². The van der Waals surface area contributed by atoms with Crippen molar-refractivity contribution in [3.63, 3.8) is 0 Å². The van der Waals surface area contributed by atoms with Crippen LogP contribution < -0.4 is 5.32 Å². The van der Waals surface area contributed by atoms with Gasteiger partial charge >= 0.3 is 0 Å². The number of nitrogens with one attached hydrogen (secondary N) is 1. The molecular weight excluding hydrogens is 150 g/mol. The first-order valence-electron chi connectivity index (χ1n) is 4.92. The van der Waals surface area contributed by atoms with Crippen molar-refractivity contribution in [3.8, 4) is 0 Å². The van der Waals surface area contributed by atoms with Crippen LogP contribution in [0, 0.1) is 0 Å². The van der Waals surface area contributed by atoms with Crippen LogP contribution in [0.25, 0.3) is 0 Å². The Hall–Kier alpha value is -0.0800. The van der Waals surface area contributed by atoms with Gasteiger partial charge in [-0.15, -0.1) is 0 Å². The minimum atomic E-state index is 0.0296. The monoisotopic (exact) mass is 171 g/mol. The van der Waals surface area contributed by atoms with Gasteiger partial charge in [-0.2, -0.15) is 0 Å². The second-order valence-electron chi connectivity index (χ2n) is 4.58. The normalized spacial score (nSPS) is 30.0. The average Bonchev–Trinajstić information content (AvgIpc) is 1.80. The highest BCUT2D eigenvalue weighted by molar-refractivity contribution is 4.87. The van der Waals surface area contributed by atoms with Crippen molar-refractivity contribution in [2.45, 2.75) is 58.3 Å². The van der Waals surface area contributed by atoms with Gasteiger partial charge in [0.1, 0.15) is 0 Å². The van der Waals surface area contributed by atoms with Gasteiger partial charge in [0.25, 0.3) is 0 Å². The van der Waals surface area contributed by atoms with Crippen molar-refractivity contribution in [1.29, 1.82) is 0 Å². The summed E-state index contributed by atoms with van der Waals surface area (Å²) >= 11 is 0. The molecule has 0 atom stereocenters. The molecule has 0 radical (unpaired) electrons. The van der Waals surface area contributed by atoms with Crippen molar-refractivity contribution in [3.05, 3.63) is 0 Å². The van der Waals surface area contributed by atoms with Crippen LogP contribution in [0.1, 0.15) is 40.5 Å². The van der Waals surface area contributed by atoms with E-state index in [1.165, 1.54) is 12.8 Å². The van der Waals surface area contributed by atoms with Crippen molar-refractivity contribution in [2.75, 3.05) is 6.54 Å². The molecule has 0 unspecified atom stereocenters. The highest BCUT2D eigenvalue weighted by atomic mass is 16.5. The van der Waals surface area contributed by atoms with Crippen LogP contribution in [0.15, 0.2) is 0 Å². The molecule has 0 spiro atoms. The van der Waals surface area contributed by atoms with Gasteiger partial charge in [-0.05, 0) is 40.2 Å². The third-order valence-electron chi connectivity index (χ3n) is 2.11. The minimum absolute atomic E-state index is 0.0296. The molecule has 0 aliphatic heterocycles. The molecule has 0 aromatic rings. The summed E-state index contributed by atoms with van der Waals surface area (Å²) in [6.45, 7) is 9.58. The maximum atomic E-state index is 5.81. The zero-order chi connectivity index (χ0) is 9.19. The molecule has 2 heteroatoms. The SMILES string of the molecule is CCN[C@H]1C[C@@H](OC(C)(C)C)C1. The van der Waals surface area contributed by atoms with Crippen molar-refractivity contribution in [2.24, 2.45) is 0 Å². The summed E-state index contributed by atoms with van der Waals surface area (Å²) in [4.78, 5) is 0. The van der Waals surface area contributed by atoms with Gasteiger partial charge in [0.15, 0.2) is 0 Å². The lowest BCUT2D eigenvalue weighted by Crippen LogP contribution is -2.47. The minimum Gasteiger partial charge on any atom is -0.373 e. The third-order valence-corrected chi connectivity index (χ3v) is 2.11. The van der Waals surface area contributed by atoms with E-state index in [0.717, 1.165) is 6.54 Å². The molecule has 1 fully saturated rings. The Morgan fingerprint density at radius 3 is 2.33 bits per heavy atom. The predicted molar refractivity (Wildman–Crippen MR) is 51.3 cm³/mol. The van der Waals surface area contributed by atoms with E-state index in [1.807, 2.05) is 0 Å². The Kier molecular flexibility index (Phi) is 3.13. The molecule has 1 N–H and O–H groups in total. The molecule has 1 rings (SSSR count).